The summed E-state index contributed by atoms with van der Waals surface area (Å²) < 4.78 is 0. The standard InChI is InChI=1S/C14H12O2.C14H12/c15-13(11-7-3-1-4-8-11)14(16)12-9-5-2-6-10-12;1-3-7-13(8-4-1)11-12-14-9-5-2-6-10-14/h1-10,13,15H;1-12H. The van der Waals surface area contributed by atoms with Crippen molar-refractivity contribution in [2.45, 2.75) is 6.10 Å². The zero-order chi connectivity index (χ0) is 21.0. The highest BCUT2D eigenvalue weighted by atomic mass is 16.3. The summed E-state index contributed by atoms with van der Waals surface area (Å²) in [5.41, 5.74) is 3.61. The molecule has 0 saturated heterocycles. The molecule has 1 N–H and O–H groups in total. The van der Waals surface area contributed by atoms with Gasteiger partial charge in [0.2, 0.25) is 0 Å². The SMILES string of the molecule is C(=Cc1ccccc1)c1ccccc1.O=C(c1ccccc1)C(O)c1ccccc1. The largest absolute Gasteiger partial charge is 0.380 e. The highest BCUT2D eigenvalue weighted by Gasteiger charge is 2.18. The Balaban J connectivity index is 0.000000172. The third-order valence-electron chi connectivity index (χ3n) is 4.49. The molecule has 0 aliphatic heterocycles. The lowest BCUT2D eigenvalue weighted by atomic mass is 10.0. The molecule has 1 unspecified atom stereocenters. The number of carbonyl (C=O) groups excluding carboxylic acids is 1. The van der Waals surface area contributed by atoms with Gasteiger partial charge in [0.05, 0.1) is 0 Å². The minimum Gasteiger partial charge on any atom is -0.380 e. The minimum absolute atomic E-state index is 0.271. The number of carbonyl (C=O) groups is 1. The van der Waals surface area contributed by atoms with E-state index >= 15 is 0 Å². The molecule has 1 atom stereocenters. The molecule has 0 saturated carbocycles. The molecule has 4 aromatic carbocycles. The maximum absolute atomic E-state index is 11.9. The molecule has 0 aliphatic carbocycles. The Morgan fingerprint density at radius 1 is 0.567 bits per heavy atom. The quantitative estimate of drug-likeness (QED) is 0.313. The lowest BCUT2D eigenvalue weighted by Crippen LogP contribution is -2.11. The average Bonchev–Trinajstić information content (AvgIpc) is 2.84. The normalized spacial score (nSPS) is 11.4. The molecule has 0 bridgehead atoms. The molecule has 148 valence electrons. The van der Waals surface area contributed by atoms with Gasteiger partial charge in [-0.25, -0.2) is 0 Å². The summed E-state index contributed by atoms with van der Waals surface area (Å²) in [6.07, 6.45) is 3.16. The van der Waals surface area contributed by atoms with Crippen LogP contribution in [0.1, 0.15) is 33.2 Å². The molecular formula is C28H24O2. The maximum atomic E-state index is 11.9. The van der Waals surface area contributed by atoms with E-state index < -0.39 is 6.10 Å². The van der Waals surface area contributed by atoms with Crippen molar-refractivity contribution >= 4 is 17.9 Å². The molecule has 4 aromatic rings. The fourth-order valence-electron chi connectivity index (χ4n) is 2.87. The van der Waals surface area contributed by atoms with Crippen molar-refractivity contribution in [1.29, 1.82) is 0 Å². The zero-order valence-corrected chi connectivity index (χ0v) is 16.6. The van der Waals surface area contributed by atoms with Crippen LogP contribution in [0, 0.1) is 0 Å². The van der Waals surface area contributed by atoms with Gasteiger partial charge in [0.25, 0.3) is 0 Å². The van der Waals surface area contributed by atoms with E-state index in [4.69, 9.17) is 0 Å². The first kappa shape index (κ1) is 21.0. The van der Waals surface area contributed by atoms with Crippen LogP contribution in [0.4, 0.5) is 0 Å². The summed E-state index contributed by atoms with van der Waals surface area (Å²) in [4.78, 5) is 11.9. The molecule has 0 heterocycles. The van der Waals surface area contributed by atoms with Crippen molar-refractivity contribution in [3.8, 4) is 0 Å². The van der Waals surface area contributed by atoms with E-state index in [2.05, 4.69) is 36.4 Å². The van der Waals surface area contributed by atoms with E-state index in [0.29, 0.717) is 11.1 Å². The Morgan fingerprint density at radius 2 is 0.933 bits per heavy atom. The van der Waals surface area contributed by atoms with E-state index in [9.17, 15) is 9.90 Å². The van der Waals surface area contributed by atoms with Gasteiger partial charge in [-0.1, -0.05) is 133 Å². The van der Waals surface area contributed by atoms with Crippen molar-refractivity contribution < 1.29 is 9.90 Å². The van der Waals surface area contributed by atoms with Gasteiger partial charge in [-0.05, 0) is 16.7 Å². The molecule has 30 heavy (non-hydrogen) atoms. The van der Waals surface area contributed by atoms with Crippen LogP contribution in [0.2, 0.25) is 0 Å². The Kier molecular flexibility index (Phi) is 7.90. The summed E-state index contributed by atoms with van der Waals surface area (Å²) in [6.45, 7) is 0. The molecule has 0 radical (unpaired) electrons. The van der Waals surface area contributed by atoms with Crippen LogP contribution in [0.5, 0.6) is 0 Å². The van der Waals surface area contributed by atoms with Crippen LogP contribution in [0.15, 0.2) is 121 Å². The lowest BCUT2D eigenvalue weighted by molar-refractivity contribution is 0.0747. The molecule has 0 fully saturated rings. The van der Waals surface area contributed by atoms with Gasteiger partial charge >= 0.3 is 0 Å². The first-order chi connectivity index (χ1) is 14.7. The van der Waals surface area contributed by atoms with Crippen LogP contribution >= 0.6 is 0 Å². The first-order valence-corrected chi connectivity index (χ1v) is 9.84. The number of ketones is 1. The average molecular weight is 392 g/mol. The van der Waals surface area contributed by atoms with Crippen LogP contribution in [0.25, 0.3) is 12.2 Å². The Labute approximate surface area is 177 Å². The van der Waals surface area contributed by atoms with Crippen molar-refractivity contribution in [1.82, 2.24) is 0 Å². The number of benzene rings is 4. The summed E-state index contributed by atoms with van der Waals surface area (Å²) in [5.74, 6) is -0.271. The molecule has 2 heteroatoms. The summed E-state index contributed by atoms with van der Waals surface area (Å²) in [5, 5.41) is 9.89. The predicted molar refractivity (Wildman–Crippen MR) is 124 cm³/mol. The second kappa shape index (κ2) is 11.3. The number of aliphatic hydroxyl groups is 1. The van der Waals surface area contributed by atoms with Gasteiger partial charge in [-0.3, -0.25) is 4.79 Å². The molecule has 2 nitrogen and oxygen atoms in total. The minimum atomic E-state index is -1.08. The van der Waals surface area contributed by atoms with E-state index in [1.165, 1.54) is 11.1 Å². The summed E-state index contributed by atoms with van der Waals surface area (Å²) in [7, 11) is 0. The molecule has 0 aliphatic rings. The second-order valence-electron chi connectivity index (χ2n) is 6.70. The first-order valence-electron chi connectivity index (χ1n) is 9.84. The van der Waals surface area contributed by atoms with Crippen LogP contribution in [0.3, 0.4) is 0 Å². The highest BCUT2D eigenvalue weighted by Crippen LogP contribution is 2.17. The lowest BCUT2D eigenvalue weighted by Gasteiger charge is -2.09. The van der Waals surface area contributed by atoms with Gasteiger partial charge in [0.1, 0.15) is 6.10 Å². The zero-order valence-electron chi connectivity index (χ0n) is 16.6. The van der Waals surface area contributed by atoms with Gasteiger partial charge in [0, 0.05) is 5.56 Å². The van der Waals surface area contributed by atoms with Crippen molar-refractivity contribution in [2.75, 3.05) is 0 Å². The van der Waals surface area contributed by atoms with Gasteiger partial charge in [-0.15, -0.1) is 0 Å². The second-order valence-corrected chi connectivity index (χ2v) is 6.70. The fourth-order valence-corrected chi connectivity index (χ4v) is 2.87. The maximum Gasteiger partial charge on any atom is 0.195 e. The van der Waals surface area contributed by atoms with Crippen LogP contribution in [-0.4, -0.2) is 10.9 Å². The van der Waals surface area contributed by atoms with Crippen LogP contribution in [-0.2, 0) is 0 Å². The molecule has 0 spiro atoms. The summed E-state index contributed by atoms with van der Waals surface area (Å²) in [6, 6.07) is 38.4. The molecular weight excluding hydrogens is 368 g/mol. The van der Waals surface area contributed by atoms with Crippen molar-refractivity contribution in [3.05, 3.63) is 144 Å². The fraction of sp³-hybridized carbons (Fsp3) is 0.0357. The number of hydrogen-bond acceptors (Lipinski definition) is 2. The predicted octanol–water partition coefficient (Wildman–Crippen LogP) is 6.46. The third-order valence-corrected chi connectivity index (χ3v) is 4.49. The third kappa shape index (κ3) is 6.40. The summed E-state index contributed by atoms with van der Waals surface area (Å²) >= 11 is 0. The topological polar surface area (TPSA) is 37.3 Å². The van der Waals surface area contributed by atoms with Crippen molar-refractivity contribution in [2.24, 2.45) is 0 Å². The van der Waals surface area contributed by atoms with E-state index in [-0.39, 0.29) is 5.78 Å². The van der Waals surface area contributed by atoms with Gasteiger partial charge in [0.15, 0.2) is 5.78 Å². The van der Waals surface area contributed by atoms with E-state index in [0.717, 1.165) is 0 Å². The molecule has 0 amide bonds. The molecule has 0 aromatic heterocycles. The number of aliphatic hydroxyl groups excluding tert-OH is 1. The van der Waals surface area contributed by atoms with E-state index in [1.807, 2.05) is 48.5 Å². The van der Waals surface area contributed by atoms with Gasteiger partial charge < -0.3 is 5.11 Å². The highest BCUT2D eigenvalue weighted by molar-refractivity contribution is 5.99. The Morgan fingerprint density at radius 3 is 1.37 bits per heavy atom. The number of hydrogen-bond donors (Lipinski definition) is 1. The van der Waals surface area contributed by atoms with E-state index in [1.54, 1.807) is 48.5 Å². The smallest absolute Gasteiger partial charge is 0.195 e. The van der Waals surface area contributed by atoms with Crippen LogP contribution < -0.4 is 0 Å². The van der Waals surface area contributed by atoms with Crippen molar-refractivity contribution in [3.63, 3.8) is 0 Å². The Bertz CT molecular complexity index is 999. The van der Waals surface area contributed by atoms with Gasteiger partial charge in [-0.2, -0.15) is 0 Å². The number of Topliss-reactive ketones (excluding diaryl/α,β-unsaturated/α-hetero) is 1. The monoisotopic (exact) mass is 392 g/mol. The Hall–Kier alpha value is -3.75. The number of rotatable bonds is 5. The molecule has 4 rings (SSSR count).